The molecule has 0 saturated carbocycles. The van der Waals surface area contributed by atoms with Gasteiger partial charge in [-0.1, -0.05) is 19.1 Å². The maximum absolute atomic E-state index is 12.0. The topological polar surface area (TPSA) is 26.0 Å². The second-order valence-corrected chi connectivity index (χ2v) is 4.42. The Hall–Kier alpha value is -0.540. The van der Waals surface area contributed by atoms with Crippen molar-refractivity contribution in [2.24, 2.45) is 5.73 Å². The first-order chi connectivity index (χ1) is 6.77. The van der Waals surface area contributed by atoms with Crippen LogP contribution in [0, 0.1) is 0 Å². The van der Waals surface area contributed by atoms with E-state index in [0.29, 0.717) is 6.42 Å². The zero-order chi connectivity index (χ0) is 10.4. The van der Waals surface area contributed by atoms with E-state index >= 15 is 0 Å². The third-order valence-electron chi connectivity index (χ3n) is 2.04. The van der Waals surface area contributed by atoms with Crippen molar-refractivity contribution in [1.29, 1.82) is 0 Å². The van der Waals surface area contributed by atoms with Crippen LogP contribution in [0.5, 0.6) is 0 Å². The number of thioether (sulfide) groups is 1. The molecule has 0 aliphatic rings. The van der Waals surface area contributed by atoms with Crippen molar-refractivity contribution in [2.45, 2.75) is 24.3 Å². The summed E-state index contributed by atoms with van der Waals surface area (Å²) >= 11 is 1.79. The highest BCUT2D eigenvalue weighted by atomic mass is 32.2. The van der Waals surface area contributed by atoms with Crippen molar-refractivity contribution in [1.82, 2.24) is 0 Å². The molecule has 1 nitrogen and oxygen atoms in total. The molecule has 0 aliphatic heterocycles. The average Bonchev–Trinajstić information content (AvgIpc) is 2.20. The fraction of sp³-hybridized carbons (Fsp3) is 0.455. The Morgan fingerprint density at radius 2 is 2.00 bits per heavy atom. The SMILES string of the molecule is CCSc1ccc([C@@H](N)CCF)cc1. The molecule has 1 atom stereocenters. The quantitative estimate of drug-likeness (QED) is 0.760. The summed E-state index contributed by atoms with van der Waals surface area (Å²) < 4.78 is 12.0. The van der Waals surface area contributed by atoms with Crippen LogP contribution in [0.3, 0.4) is 0 Å². The molecule has 1 rings (SSSR count). The second-order valence-electron chi connectivity index (χ2n) is 3.09. The monoisotopic (exact) mass is 213 g/mol. The number of alkyl halides is 1. The largest absolute Gasteiger partial charge is 0.324 e. The highest BCUT2D eigenvalue weighted by Gasteiger charge is 2.04. The van der Waals surface area contributed by atoms with Gasteiger partial charge in [0.15, 0.2) is 0 Å². The van der Waals surface area contributed by atoms with Gasteiger partial charge < -0.3 is 5.73 Å². The molecule has 0 bridgehead atoms. The lowest BCUT2D eigenvalue weighted by Crippen LogP contribution is -2.10. The van der Waals surface area contributed by atoms with E-state index in [2.05, 4.69) is 6.92 Å². The van der Waals surface area contributed by atoms with E-state index in [1.54, 1.807) is 11.8 Å². The molecule has 0 aliphatic carbocycles. The van der Waals surface area contributed by atoms with Crippen LogP contribution >= 0.6 is 11.8 Å². The van der Waals surface area contributed by atoms with Crippen LogP contribution in [0.2, 0.25) is 0 Å². The van der Waals surface area contributed by atoms with Crippen molar-refractivity contribution in [3.63, 3.8) is 0 Å². The van der Waals surface area contributed by atoms with E-state index < -0.39 is 0 Å². The number of hydrogen-bond acceptors (Lipinski definition) is 2. The average molecular weight is 213 g/mol. The molecule has 3 heteroatoms. The summed E-state index contributed by atoms with van der Waals surface area (Å²) in [6.45, 7) is 1.76. The van der Waals surface area contributed by atoms with Gasteiger partial charge in [0.1, 0.15) is 0 Å². The molecule has 0 radical (unpaired) electrons. The molecule has 0 unspecified atom stereocenters. The van der Waals surface area contributed by atoms with Gasteiger partial charge in [0, 0.05) is 10.9 Å². The molecule has 0 amide bonds. The zero-order valence-corrected chi connectivity index (χ0v) is 9.19. The predicted octanol–water partition coefficient (Wildman–Crippen LogP) is 3.16. The molecule has 78 valence electrons. The molecule has 0 saturated heterocycles. The summed E-state index contributed by atoms with van der Waals surface area (Å²) in [6.07, 6.45) is 0.403. The lowest BCUT2D eigenvalue weighted by atomic mass is 10.1. The molecule has 14 heavy (non-hydrogen) atoms. The lowest BCUT2D eigenvalue weighted by molar-refractivity contribution is 0.442. The molecule has 0 aromatic heterocycles. The van der Waals surface area contributed by atoms with Crippen molar-refractivity contribution >= 4 is 11.8 Å². The Balaban J connectivity index is 2.62. The number of rotatable bonds is 5. The number of benzene rings is 1. The van der Waals surface area contributed by atoms with Crippen LogP contribution in [0.1, 0.15) is 24.9 Å². The first kappa shape index (κ1) is 11.5. The van der Waals surface area contributed by atoms with E-state index in [4.69, 9.17) is 5.73 Å². The normalized spacial score (nSPS) is 12.8. The maximum Gasteiger partial charge on any atom is 0.0912 e. The predicted molar refractivity (Wildman–Crippen MR) is 60.4 cm³/mol. The van der Waals surface area contributed by atoms with Gasteiger partial charge >= 0.3 is 0 Å². The first-order valence-corrected chi connectivity index (χ1v) is 5.80. The molecule has 0 heterocycles. The fourth-order valence-electron chi connectivity index (χ4n) is 1.26. The van der Waals surface area contributed by atoms with Gasteiger partial charge in [-0.15, -0.1) is 11.8 Å². The summed E-state index contributed by atoms with van der Waals surface area (Å²) in [5, 5.41) is 0. The van der Waals surface area contributed by atoms with Gasteiger partial charge in [-0.3, -0.25) is 4.39 Å². The summed E-state index contributed by atoms with van der Waals surface area (Å²) in [4.78, 5) is 1.24. The van der Waals surface area contributed by atoms with Gasteiger partial charge in [0.2, 0.25) is 0 Å². The number of halogens is 1. The summed E-state index contributed by atoms with van der Waals surface area (Å²) in [5.74, 6) is 1.07. The van der Waals surface area contributed by atoms with Crippen molar-refractivity contribution in [2.75, 3.05) is 12.4 Å². The smallest absolute Gasteiger partial charge is 0.0912 e. The van der Waals surface area contributed by atoms with Crippen LogP contribution in [0.25, 0.3) is 0 Å². The highest BCUT2D eigenvalue weighted by molar-refractivity contribution is 7.99. The van der Waals surface area contributed by atoms with Crippen LogP contribution < -0.4 is 5.73 Å². The van der Waals surface area contributed by atoms with Crippen molar-refractivity contribution in [3.8, 4) is 0 Å². The Labute approximate surface area is 88.9 Å². The zero-order valence-electron chi connectivity index (χ0n) is 8.37. The minimum atomic E-state index is -0.355. The van der Waals surface area contributed by atoms with Crippen molar-refractivity contribution in [3.05, 3.63) is 29.8 Å². The fourth-order valence-corrected chi connectivity index (χ4v) is 1.92. The maximum atomic E-state index is 12.0. The van der Waals surface area contributed by atoms with Crippen LogP contribution in [0.15, 0.2) is 29.2 Å². The van der Waals surface area contributed by atoms with Gasteiger partial charge in [-0.2, -0.15) is 0 Å². The van der Waals surface area contributed by atoms with Crippen molar-refractivity contribution < 1.29 is 4.39 Å². The second kappa shape index (κ2) is 6.04. The molecule has 0 spiro atoms. The Kier molecular flexibility index (Phi) is 4.98. The summed E-state index contributed by atoms with van der Waals surface area (Å²) in [7, 11) is 0. The molecular formula is C11H16FNS. The Morgan fingerprint density at radius 3 is 2.50 bits per heavy atom. The third kappa shape index (κ3) is 3.31. The van der Waals surface area contributed by atoms with Gasteiger partial charge in [-0.25, -0.2) is 0 Å². The first-order valence-electron chi connectivity index (χ1n) is 4.82. The molecule has 1 aromatic rings. The van der Waals surface area contributed by atoms with Crippen LogP contribution in [-0.2, 0) is 0 Å². The minimum Gasteiger partial charge on any atom is -0.324 e. The lowest BCUT2D eigenvalue weighted by Gasteiger charge is -2.10. The standard InChI is InChI=1S/C11H16FNS/c1-2-14-10-5-3-9(4-6-10)11(13)7-8-12/h3-6,11H,2,7-8,13H2,1H3/t11-/m0/s1. The van der Waals surface area contributed by atoms with E-state index in [-0.39, 0.29) is 12.7 Å². The number of nitrogens with two attached hydrogens (primary N) is 1. The van der Waals surface area contributed by atoms with Crippen LogP contribution in [-0.4, -0.2) is 12.4 Å². The van der Waals surface area contributed by atoms with Gasteiger partial charge in [0.05, 0.1) is 6.67 Å². The number of hydrogen-bond donors (Lipinski definition) is 1. The molecule has 0 fully saturated rings. The molecular weight excluding hydrogens is 197 g/mol. The minimum absolute atomic E-state index is 0.166. The van der Waals surface area contributed by atoms with Gasteiger partial charge in [0.25, 0.3) is 0 Å². The summed E-state index contributed by atoms with van der Waals surface area (Å²) in [6, 6.07) is 7.89. The van der Waals surface area contributed by atoms with Gasteiger partial charge in [-0.05, 0) is 29.9 Å². The molecule has 1 aromatic carbocycles. The molecule has 2 N–H and O–H groups in total. The van der Waals surface area contributed by atoms with E-state index in [1.165, 1.54) is 4.90 Å². The Bertz CT molecular complexity index is 260. The third-order valence-corrected chi connectivity index (χ3v) is 2.93. The highest BCUT2D eigenvalue weighted by Crippen LogP contribution is 2.21. The van der Waals surface area contributed by atoms with E-state index in [1.807, 2.05) is 24.3 Å². The van der Waals surface area contributed by atoms with E-state index in [9.17, 15) is 4.39 Å². The summed E-state index contributed by atoms with van der Waals surface area (Å²) in [5.41, 5.74) is 6.80. The Morgan fingerprint density at radius 1 is 1.36 bits per heavy atom. The van der Waals surface area contributed by atoms with E-state index in [0.717, 1.165) is 11.3 Å². The van der Waals surface area contributed by atoms with Crippen LogP contribution in [0.4, 0.5) is 4.39 Å².